The van der Waals surface area contributed by atoms with Gasteiger partial charge in [-0.15, -0.1) is 0 Å². The molecule has 3 amide bonds. The summed E-state index contributed by atoms with van der Waals surface area (Å²) < 4.78 is 0. The molecule has 3 aliphatic rings. The third kappa shape index (κ3) is 2.04. The molecule has 2 N–H and O–H groups in total. The topological polar surface area (TPSA) is 83.7 Å². The van der Waals surface area contributed by atoms with Gasteiger partial charge in [-0.1, -0.05) is 42.5 Å². The standard InChI is InChI=1S/C21H17N3O3/c22-19(25)18-16-15(17-14-9-5-4-6-12(14)10-11-23(17)18)20(26)24(21(16)27)13-7-2-1-3-8-13/h1-11,15-18H,(H2,22,25)/t15-,16-,17-,18+/m1/s1. The number of fused-ring (bicyclic) bond motifs is 5. The predicted molar refractivity (Wildman–Crippen MR) is 99.0 cm³/mol. The Kier molecular flexibility index (Phi) is 3.25. The normalized spacial score (nSPS) is 28.1. The average molecular weight is 359 g/mol. The maximum Gasteiger partial charge on any atom is 0.240 e. The minimum Gasteiger partial charge on any atom is -0.368 e. The Morgan fingerprint density at radius 1 is 0.889 bits per heavy atom. The van der Waals surface area contributed by atoms with Gasteiger partial charge in [0.25, 0.3) is 0 Å². The van der Waals surface area contributed by atoms with E-state index in [0.717, 1.165) is 11.1 Å². The molecule has 2 saturated heterocycles. The Morgan fingerprint density at radius 3 is 2.30 bits per heavy atom. The fraction of sp³-hybridized carbons (Fsp3) is 0.190. The van der Waals surface area contributed by atoms with Crippen LogP contribution in [0.2, 0.25) is 0 Å². The van der Waals surface area contributed by atoms with Crippen LogP contribution in [0, 0.1) is 11.8 Å². The number of carbonyl (C=O) groups is 3. The Morgan fingerprint density at radius 2 is 1.56 bits per heavy atom. The third-order valence-electron chi connectivity index (χ3n) is 5.77. The van der Waals surface area contributed by atoms with Gasteiger partial charge < -0.3 is 10.6 Å². The number of carbonyl (C=O) groups excluding carboxylic acids is 3. The van der Waals surface area contributed by atoms with Crippen molar-refractivity contribution in [1.82, 2.24) is 4.90 Å². The van der Waals surface area contributed by atoms with E-state index in [4.69, 9.17) is 5.73 Å². The van der Waals surface area contributed by atoms with E-state index in [0.29, 0.717) is 5.69 Å². The minimum atomic E-state index is -0.838. The van der Waals surface area contributed by atoms with Crippen molar-refractivity contribution in [3.8, 4) is 0 Å². The van der Waals surface area contributed by atoms with Crippen molar-refractivity contribution in [2.75, 3.05) is 4.90 Å². The van der Waals surface area contributed by atoms with E-state index >= 15 is 0 Å². The highest BCUT2D eigenvalue weighted by Crippen LogP contribution is 2.52. The lowest BCUT2D eigenvalue weighted by Gasteiger charge is -2.34. The van der Waals surface area contributed by atoms with Crippen LogP contribution < -0.4 is 10.6 Å². The first-order chi connectivity index (χ1) is 13.1. The molecular weight excluding hydrogens is 342 g/mol. The zero-order valence-electron chi connectivity index (χ0n) is 14.4. The summed E-state index contributed by atoms with van der Waals surface area (Å²) in [6.07, 6.45) is 3.68. The van der Waals surface area contributed by atoms with Gasteiger partial charge in [-0.25, -0.2) is 4.90 Å². The third-order valence-corrected chi connectivity index (χ3v) is 5.77. The molecule has 0 bridgehead atoms. The summed E-state index contributed by atoms with van der Waals surface area (Å²) >= 11 is 0. The summed E-state index contributed by atoms with van der Waals surface area (Å²) in [4.78, 5) is 41.8. The molecule has 0 spiro atoms. The first-order valence-corrected chi connectivity index (χ1v) is 8.86. The van der Waals surface area contributed by atoms with Gasteiger partial charge in [0.05, 0.1) is 23.6 Å². The summed E-state index contributed by atoms with van der Waals surface area (Å²) in [6, 6.07) is 15.4. The molecule has 6 nitrogen and oxygen atoms in total. The molecule has 2 aromatic rings. The molecule has 3 heterocycles. The smallest absolute Gasteiger partial charge is 0.240 e. The van der Waals surface area contributed by atoms with Gasteiger partial charge in [0, 0.05) is 6.20 Å². The molecule has 27 heavy (non-hydrogen) atoms. The molecule has 2 aromatic carbocycles. The molecule has 6 heteroatoms. The van der Waals surface area contributed by atoms with Crippen molar-refractivity contribution < 1.29 is 14.4 Å². The average Bonchev–Trinajstić information content (AvgIpc) is 3.16. The molecule has 3 aliphatic heterocycles. The number of hydrogen-bond acceptors (Lipinski definition) is 4. The van der Waals surface area contributed by atoms with Crippen LogP contribution in [-0.2, 0) is 14.4 Å². The van der Waals surface area contributed by atoms with Crippen molar-refractivity contribution >= 4 is 29.5 Å². The highest BCUT2D eigenvalue weighted by atomic mass is 16.2. The van der Waals surface area contributed by atoms with Gasteiger partial charge in [-0.05, 0) is 29.3 Å². The summed E-state index contributed by atoms with van der Waals surface area (Å²) in [6.45, 7) is 0. The van der Waals surface area contributed by atoms with Gasteiger partial charge in [0.2, 0.25) is 17.7 Å². The number of primary amides is 1. The summed E-state index contributed by atoms with van der Waals surface area (Å²) in [5.41, 5.74) is 8.13. The summed E-state index contributed by atoms with van der Waals surface area (Å²) in [7, 11) is 0. The van der Waals surface area contributed by atoms with E-state index in [2.05, 4.69) is 0 Å². The fourth-order valence-corrected chi connectivity index (χ4v) is 4.71. The molecule has 0 aliphatic carbocycles. The summed E-state index contributed by atoms with van der Waals surface area (Å²) in [5.74, 6) is -2.65. The van der Waals surface area contributed by atoms with Crippen molar-refractivity contribution in [1.29, 1.82) is 0 Å². The number of nitrogens with two attached hydrogens (primary N) is 1. The zero-order chi connectivity index (χ0) is 18.7. The van der Waals surface area contributed by atoms with Crippen LogP contribution in [0.3, 0.4) is 0 Å². The molecule has 4 atom stereocenters. The van der Waals surface area contributed by atoms with E-state index in [1.54, 1.807) is 35.4 Å². The first kappa shape index (κ1) is 15.8. The van der Waals surface area contributed by atoms with Crippen molar-refractivity contribution in [2.24, 2.45) is 17.6 Å². The second-order valence-electron chi connectivity index (χ2n) is 7.08. The van der Waals surface area contributed by atoms with Crippen LogP contribution in [-0.4, -0.2) is 28.7 Å². The quantitative estimate of drug-likeness (QED) is 0.827. The van der Waals surface area contributed by atoms with Gasteiger partial charge in [-0.2, -0.15) is 0 Å². The van der Waals surface area contributed by atoms with Gasteiger partial charge in [0.1, 0.15) is 6.04 Å². The minimum absolute atomic E-state index is 0.278. The van der Waals surface area contributed by atoms with Crippen LogP contribution >= 0.6 is 0 Å². The number of benzene rings is 2. The van der Waals surface area contributed by atoms with E-state index in [1.165, 1.54) is 4.90 Å². The molecule has 0 unspecified atom stereocenters. The number of rotatable bonds is 2. The maximum absolute atomic E-state index is 13.3. The number of hydrogen-bond donors (Lipinski definition) is 1. The van der Waals surface area contributed by atoms with Crippen LogP contribution in [0.25, 0.3) is 6.08 Å². The van der Waals surface area contributed by atoms with E-state index in [-0.39, 0.29) is 17.9 Å². The Hall–Kier alpha value is -3.41. The lowest BCUT2D eigenvalue weighted by molar-refractivity contribution is -0.129. The highest BCUT2D eigenvalue weighted by Gasteiger charge is 2.64. The van der Waals surface area contributed by atoms with Gasteiger partial charge in [-0.3, -0.25) is 14.4 Å². The molecule has 0 aromatic heterocycles. The molecule has 2 fully saturated rings. The number of nitrogens with zero attached hydrogens (tertiary/aromatic N) is 2. The van der Waals surface area contributed by atoms with E-state index < -0.39 is 23.8 Å². The molecule has 5 rings (SSSR count). The highest BCUT2D eigenvalue weighted by molar-refractivity contribution is 6.24. The second kappa shape index (κ2) is 5.54. The van der Waals surface area contributed by atoms with Gasteiger partial charge >= 0.3 is 0 Å². The van der Waals surface area contributed by atoms with Gasteiger partial charge in [0.15, 0.2) is 0 Å². The number of amides is 3. The zero-order valence-corrected chi connectivity index (χ0v) is 14.4. The molecule has 0 radical (unpaired) electrons. The number of para-hydroxylation sites is 1. The van der Waals surface area contributed by atoms with E-state index in [1.807, 2.05) is 36.4 Å². The SMILES string of the molecule is NC(=O)[C@@H]1[C@@H]2C(=O)N(c3ccccc3)C(=O)[C@H]2[C@H]2c3ccccc3C=CN12. The first-order valence-electron chi connectivity index (χ1n) is 8.86. The van der Waals surface area contributed by atoms with Crippen LogP contribution in [0.5, 0.6) is 0 Å². The largest absolute Gasteiger partial charge is 0.368 e. The molecule has 134 valence electrons. The second-order valence-corrected chi connectivity index (χ2v) is 7.08. The lowest BCUT2D eigenvalue weighted by atomic mass is 9.84. The lowest BCUT2D eigenvalue weighted by Crippen LogP contribution is -2.46. The van der Waals surface area contributed by atoms with Crippen molar-refractivity contribution in [3.05, 3.63) is 71.9 Å². The Balaban J connectivity index is 1.67. The van der Waals surface area contributed by atoms with Crippen molar-refractivity contribution in [2.45, 2.75) is 12.1 Å². The fourth-order valence-electron chi connectivity index (χ4n) is 4.71. The van der Waals surface area contributed by atoms with Crippen LogP contribution in [0.4, 0.5) is 5.69 Å². The number of anilines is 1. The Bertz CT molecular complexity index is 1000. The monoisotopic (exact) mass is 359 g/mol. The van der Waals surface area contributed by atoms with Crippen molar-refractivity contribution in [3.63, 3.8) is 0 Å². The van der Waals surface area contributed by atoms with Crippen LogP contribution in [0.1, 0.15) is 17.2 Å². The maximum atomic E-state index is 13.3. The van der Waals surface area contributed by atoms with Crippen LogP contribution in [0.15, 0.2) is 60.8 Å². The predicted octanol–water partition coefficient (Wildman–Crippen LogP) is 1.69. The molecule has 0 saturated carbocycles. The summed E-state index contributed by atoms with van der Waals surface area (Å²) in [5, 5.41) is 0. The number of imide groups is 1. The Labute approximate surface area is 155 Å². The van der Waals surface area contributed by atoms with E-state index in [9.17, 15) is 14.4 Å². The molecular formula is C21H17N3O3.